The van der Waals surface area contributed by atoms with E-state index in [-0.39, 0.29) is 31.1 Å². The van der Waals surface area contributed by atoms with Gasteiger partial charge in [0.25, 0.3) is 0 Å². The second-order valence-corrected chi connectivity index (χ2v) is 17.7. The lowest BCUT2D eigenvalue weighted by molar-refractivity contribution is -0.167. The molecule has 0 aromatic rings. The molecule has 1 atom stereocenters. The van der Waals surface area contributed by atoms with Crippen LogP contribution in [0.3, 0.4) is 0 Å². The summed E-state index contributed by atoms with van der Waals surface area (Å²) in [5.41, 5.74) is 0. The Balaban J connectivity index is 4.24. The molecule has 0 aliphatic carbocycles. The fourth-order valence-corrected chi connectivity index (χ4v) is 7.06. The molecule has 0 heterocycles. The Morgan fingerprint density at radius 2 is 0.565 bits per heavy atom. The molecule has 0 saturated heterocycles. The molecule has 6 nitrogen and oxygen atoms in total. The van der Waals surface area contributed by atoms with Gasteiger partial charge in [-0.25, -0.2) is 0 Å². The summed E-state index contributed by atoms with van der Waals surface area (Å²) in [6, 6.07) is 0. The number of unbranched alkanes of at least 4 members (excludes halogenated alkanes) is 15. The van der Waals surface area contributed by atoms with Gasteiger partial charge in [-0.05, 0) is 116 Å². The SMILES string of the molecule is CC/C=C\C/C=C\C/C=C\C/C=C\C/C=C\C/C=C\CCCCCCC(=O)OCC(COC(=O)CCCCCCC)OC(=O)CCCCCCCCC/C=C\C/C=C\C/C=C\C/C=C\C/C=C\CC. The fraction of sp³-hybridized carbons (Fsp3) is 0.603. The summed E-state index contributed by atoms with van der Waals surface area (Å²) in [6.07, 6.45) is 79.0. The van der Waals surface area contributed by atoms with Gasteiger partial charge in [0.1, 0.15) is 13.2 Å². The van der Waals surface area contributed by atoms with E-state index >= 15 is 0 Å². The third-order valence-electron chi connectivity index (χ3n) is 11.2. The highest BCUT2D eigenvalue weighted by molar-refractivity contribution is 5.71. The summed E-state index contributed by atoms with van der Waals surface area (Å²) in [5.74, 6) is -0.954. The van der Waals surface area contributed by atoms with E-state index < -0.39 is 6.10 Å². The van der Waals surface area contributed by atoms with Crippen LogP contribution in [-0.2, 0) is 28.6 Å². The average molecular weight is 953 g/mol. The van der Waals surface area contributed by atoms with Crippen LogP contribution in [0.2, 0.25) is 0 Å². The average Bonchev–Trinajstić information content (AvgIpc) is 3.35. The van der Waals surface area contributed by atoms with Gasteiger partial charge in [-0.3, -0.25) is 14.4 Å². The number of hydrogen-bond donors (Lipinski definition) is 0. The van der Waals surface area contributed by atoms with Gasteiger partial charge < -0.3 is 14.2 Å². The van der Waals surface area contributed by atoms with Crippen LogP contribution < -0.4 is 0 Å². The van der Waals surface area contributed by atoms with Gasteiger partial charge in [-0.2, -0.15) is 0 Å². The smallest absolute Gasteiger partial charge is 0.306 e. The molecule has 0 aromatic carbocycles. The first-order chi connectivity index (χ1) is 34.0. The van der Waals surface area contributed by atoms with Gasteiger partial charge >= 0.3 is 17.9 Å². The van der Waals surface area contributed by atoms with E-state index in [1.54, 1.807) is 0 Å². The second kappa shape index (κ2) is 56.1. The van der Waals surface area contributed by atoms with Crippen molar-refractivity contribution in [2.75, 3.05) is 13.2 Å². The number of hydrogen-bond acceptors (Lipinski definition) is 6. The highest BCUT2D eigenvalue weighted by Gasteiger charge is 2.19. The van der Waals surface area contributed by atoms with Crippen molar-refractivity contribution in [3.8, 4) is 0 Å². The summed E-state index contributed by atoms with van der Waals surface area (Å²) in [7, 11) is 0. The lowest BCUT2D eigenvalue weighted by Crippen LogP contribution is -2.30. The van der Waals surface area contributed by atoms with Gasteiger partial charge in [0.05, 0.1) is 0 Å². The van der Waals surface area contributed by atoms with Gasteiger partial charge in [0.2, 0.25) is 0 Å². The van der Waals surface area contributed by atoms with E-state index in [4.69, 9.17) is 14.2 Å². The van der Waals surface area contributed by atoms with E-state index in [2.05, 4.69) is 154 Å². The molecule has 0 aliphatic heterocycles. The van der Waals surface area contributed by atoms with Crippen molar-refractivity contribution < 1.29 is 28.6 Å². The molecule has 69 heavy (non-hydrogen) atoms. The Bertz CT molecular complexity index is 1510. The highest BCUT2D eigenvalue weighted by atomic mass is 16.6. The molecule has 0 aromatic heterocycles. The van der Waals surface area contributed by atoms with Crippen molar-refractivity contribution >= 4 is 17.9 Å². The van der Waals surface area contributed by atoms with Gasteiger partial charge in [0, 0.05) is 19.3 Å². The summed E-state index contributed by atoms with van der Waals surface area (Å²) in [6.45, 7) is 6.28. The van der Waals surface area contributed by atoms with Crippen molar-refractivity contribution in [3.63, 3.8) is 0 Å². The first-order valence-corrected chi connectivity index (χ1v) is 27.7. The molecule has 0 rings (SSSR count). The molecule has 388 valence electrons. The van der Waals surface area contributed by atoms with Crippen molar-refractivity contribution in [2.24, 2.45) is 0 Å². The van der Waals surface area contributed by atoms with Crippen LogP contribution in [0.15, 0.2) is 134 Å². The highest BCUT2D eigenvalue weighted by Crippen LogP contribution is 2.13. The molecular weight excluding hydrogens is 853 g/mol. The maximum Gasteiger partial charge on any atom is 0.306 e. The third-order valence-corrected chi connectivity index (χ3v) is 11.2. The molecule has 0 amide bonds. The van der Waals surface area contributed by atoms with Crippen LogP contribution in [0.1, 0.15) is 226 Å². The topological polar surface area (TPSA) is 78.9 Å². The van der Waals surface area contributed by atoms with Gasteiger partial charge in [-0.15, -0.1) is 0 Å². The summed E-state index contributed by atoms with van der Waals surface area (Å²) in [4.78, 5) is 37.8. The Hall–Kier alpha value is -4.45. The van der Waals surface area contributed by atoms with Crippen LogP contribution in [0, 0.1) is 0 Å². The number of ether oxygens (including phenoxy) is 3. The van der Waals surface area contributed by atoms with E-state index in [1.807, 2.05) is 0 Å². The van der Waals surface area contributed by atoms with E-state index in [9.17, 15) is 14.4 Å². The molecule has 1 unspecified atom stereocenters. The Morgan fingerprint density at radius 3 is 0.884 bits per heavy atom. The first-order valence-electron chi connectivity index (χ1n) is 27.7. The predicted octanol–water partition coefficient (Wildman–Crippen LogP) is 18.6. The number of carbonyl (C=O) groups excluding carboxylic acids is 3. The molecule has 0 spiro atoms. The van der Waals surface area contributed by atoms with Crippen LogP contribution >= 0.6 is 0 Å². The Kier molecular flexibility index (Phi) is 52.5. The van der Waals surface area contributed by atoms with Crippen LogP contribution in [-0.4, -0.2) is 37.2 Å². The van der Waals surface area contributed by atoms with E-state index in [0.717, 1.165) is 167 Å². The zero-order chi connectivity index (χ0) is 50.0. The minimum atomic E-state index is -0.796. The van der Waals surface area contributed by atoms with Crippen molar-refractivity contribution in [1.82, 2.24) is 0 Å². The molecule has 0 bridgehead atoms. The number of esters is 3. The first kappa shape index (κ1) is 64.5. The number of rotatable bonds is 48. The molecule has 0 radical (unpaired) electrons. The van der Waals surface area contributed by atoms with Crippen molar-refractivity contribution in [1.29, 1.82) is 0 Å². The van der Waals surface area contributed by atoms with Crippen LogP contribution in [0.25, 0.3) is 0 Å². The molecule has 0 saturated carbocycles. The zero-order valence-corrected chi connectivity index (χ0v) is 44.3. The Morgan fingerprint density at radius 1 is 0.304 bits per heavy atom. The maximum absolute atomic E-state index is 12.8. The van der Waals surface area contributed by atoms with E-state index in [1.165, 1.54) is 19.3 Å². The van der Waals surface area contributed by atoms with Crippen LogP contribution in [0.4, 0.5) is 0 Å². The quantitative estimate of drug-likeness (QED) is 0.0262. The third kappa shape index (κ3) is 54.4. The number of carbonyl (C=O) groups is 3. The molecule has 0 fully saturated rings. The number of allylic oxidation sites excluding steroid dienone is 22. The predicted molar refractivity (Wildman–Crippen MR) is 297 cm³/mol. The summed E-state index contributed by atoms with van der Waals surface area (Å²) < 4.78 is 16.7. The van der Waals surface area contributed by atoms with Gasteiger partial charge in [-0.1, -0.05) is 225 Å². The molecule has 0 aliphatic rings. The lowest BCUT2D eigenvalue weighted by atomic mass is 10.1. The van der Waals surface area contributed by atoms with Gasteiger partial charge in [0.15, 0.2) is 6.10 Å². The van der Waals surface area contributed by atoms with Crippen LogP contribution in [0.5, 0.6) is 0 Å². The van der Waals surface area contributed by atoms with E-state index in [0.29, 0.717) is 19.3 Å². The van der Waals surface area contributed by atoms with Crippen molar-refractivity contribution in [2.45, 2.75) is 232 Å². The standard InChI is InChI=1S/C63H100O6/c1-4-7-10-13-15-17-19-21-23-25-27-29-31-33-35-37-39-41-43-45-47-50-53-56-62(65)68-59-60(58-67-61(64)55-52-49-12-9-6-3)69-63(66)57-54-51-48-46-44-42-40-38-36-34-32-30-28-26-24-22-20-18-16-14-11-8-5-2/h7-8,10-11,15-18,21-24,27-30,33-36,39,41,60H,4-6,9,12-14,19-20,25-26,31-32,37-38,40,42-59H2,1-3H3/b10-7-,11-8-,17-15-,18-16-,23-21-,24-22-,29-27-,30-28-,35-33-,36-34-,41-39-. The minimum absolute atomic E-state index is 0.0962. The molecular formula is C63H100O6. The minimum Gasteiger partial charge on any atom is -0.462 e. The lowest BCUT2D eigenvalue weighted by Gasteiger charge is -2.18. The monoisotopic (exact) mass is 953 g/mol. The normalized spacial score (nSPS) is 13.1. The Labute approximate surface area is 424 Å². The maximum atomic E-state index is 12.8. The molecule has 0 N–H and O–H groups in total. The molecule has 6 heteroatoms. The summed E-state index contributed by atoms with van der Waals surface area (Å²) >= 11 is 0. The zero-order valence-electron chi connectivity index (χ0n) is 44.3. The summed E-state index contributed by atoms with van der Waals surface area (Å²) in [5, 5.41) is 0. The fourth-order valence-electron chi connectivity index (χ4n) is 7.06. The van der Waals surface area contributed by atoms with Crippen molar-refractivity contribution in [3.05, 3.63) is 134 Å². The second-order valence-electron chi connectivity index (χ2n) is 17.7. The largest absolute Gasteiger partial charge is 0.462 e.